The second kappa shape index (κ2) is 15.9. The van der Waals surface area contributed by atoms with Gasteiger partial charge in [-0.1, -0.05) is 0 Å². The normalized spacial score (nSPS) is 25.8. The monoisotopic (exact) mass is 477 g/mol. The smallest absolute Gasteiger partial charge is 0.250 e. The molecule has 1 fully saturated rings. The first kappa shape index (κ1) is 29.2. The van der Waals surface area contributed by atoms with Crippen LogP contribution in [0.4, 0.5) is 0 Å². The average Bonchev–Trinajstić information content (AvgIpc) is 2.77. The van der Waals surface area contributed by atoms with E-state index >= 15 is 0 Å². The van der Waals surface area contributed by atoms with Gasteiger partial charge in [0.1, 0.15) is 24.4 Å². The highest BCUT2D eigenvalue weighted by atomic mass is 16.7. The van der Waals surface area contributed by atoms with Crippen LogP contribution in [0.3, 0.4) is 0 Å². The van der Waals surface area contributed by atoms with Crippen molar-refractivity contribution in [3.63, 3.8) is 0 Å². The predicted octanol–water partition coefficient (Wildman–Crippen LogP) is -3.02. The number of hydrogen-bond donors (Lipinski definition) is 8. The van der Waals surface area contributed by atoms with E-state index in [2.05, 4.69) is 21.5 Å². The third-order valence-electron chi connectivity index (χ3n) is 5.18. The Morgan fingerprint density at radius 1 is 1.12 bits per heavy atom. The van der Waals surface area contributed by atoms with Gasteiger partial charge in [-0.2, -0.15) is 0 Å². The van der Waals surface area contributed by atoms with Gasteiger partial charge in [0, 0.05) is 33.5 Å². The van der Waals surface area contributed by atoms with Crippen molar-refractivity contribution < 1.29 is 39.2 Å². The topological polar surface area (TPSA) is 204 Å². The molecule has 1 heterocycles. The number of aliphatic hydroxyl groups is 3. The first-order chi connectivity index (χ1) is 15.7. The molecule has 6 atom stereocenters. The molecule has 2 unspecified atom stereocenters. The lowest BCUT2D eigenvalue weighted by Crippen LogP contribution is -2.64. The number of rotatable bonds is 15. The van der Waals surface area contributed by atoms with E-state index in [4.69, 9.17) is 15.2 Å². The molecule has 33 heavy (non-hydrogen) atoms. The van der Waals surface area contributed by atoms with Gasteiger partial charge in [0.25, 0.3) is 5.91 Å². The van der Waals surface area contributed by atoms with Gasteiger partial charge in [0.15, 0.2) is 6.29 Å². The summed E-state index contributed by atoms with van der Waals surface area (Å²) in [6.45, 7) is 1.44. The summed E-state index contributed by atoms with van der Waals surface area (Å²) in [7, 11) is 1.58. The molecule has 1 saturated heterocycles. The highest BCUT2D eigenvalue weighted by Gasteiger charge is 2.45. The Hall–Kier alpha value is -1.87. The van der Waals surface area contributed by atoms with Crippen molar-refractivity contribution in [1.82, 2.24) is 21.5 Å². The zero-order valence-corrected chi connectivity index (χ0v) is 19.3. The number of carbonyl (C=O) groups excluding carboxylic acids is 3. The molecule has 0 bridgehead atoms. The van der Waals surface area contributed by atoms with Crippen LogP contribution in [0.2, 0.25) is 0 Å². The van der Waals surface area contributed by atoms with Crippen molar-refractivity contribution in [1.29, 1.82) is 0 Å². The molecule has 1 aliphatic heterocycles. The first-order valence-corrected chi connectivity index (χ1v) is 11.2. The van der Waals surface area contributed by atoms with Gasteiger partial charge in [0.05, 0.1) is 12.6 Å². The van der Waals surface area contributed by atoms with Crippen LogP contribution in [0.5, 0.6) is 0 Å². The summed E-state index contributed by atoms with van der Waals surface area (Å²) in [6.07, 6.45) is -1.49. The van der Waals surface area contributed by atoms with Gasteiger partial charge in [-0.15, -0.1) is 0 Å². The van der Waals surface area contributed by atoms with Crippen molar-refractivity contribution >= 4 is 17.7 Å². The maximum absolute atomic E-state index is 11.9. The molecular formula is C20H39N5O8. The number of ether oxygens (including phenoxy) is 2. The molecular weight excluding hydrogens is 438 g/mol. The molecule has 1 aliphatic rings. The van der Waals surface area contributed by atoms with E-state index in [0.29, 0.717) is 45.1 Å². The number of aliphatic hydroxyl groups excluding tert-OH is 3. The van der Waals surface area contributed by atoms with E-state index < -0.39 is 49.2 Å². The molecule has 0 radical (unpaired) electrons. The molecule has 9 N–H and O–H groups in total. The highest BCUT2D eigenvalue weighted by Crippen LogP contribution is 2.22. The van der Waals surface area contributed by atoms with Crippen molar-refractivity contribution in [2.75, 3.05) is 26.8 Å². The van der Waals surface area contributed by atoms with Crippen molar-refractivity contribution in [3.05, 3.63) is 0 Å². The van der Waals surface area contributed by atoms with E-state index in [-0.39, 0.29) is 18.4 Å². The number of unbranched alkanes of at least 4 members (excludes halogenated alkanes) is 2. The summed E-state index contributed by atoms with van der Waals surface area (Å²) in [5.41, 5.74) is 10.7. The SMILES string of the molecule is CNNC(=O)[C@@H](N)CCCCNC(=O)CCCCO[C@@H]1OC(CO)[C@H](O)[C@H](O)C1NC(C)=O. The Kier molecular flexibility index (Phi) is 14.0. The van der Waals surface area contributed by atoms with Gasteiger partial charge >= 0.3 is 0 Å². The fourth-order valence-electron chi connectivity index (χ4n) is 3.35. The van der Waals surface area contributed by atoms with E-state index in [9.17, 15) is 29.7 Å². The lowest BCUT2D eigenvalue weighted by Gasteiger charge is -2.42. The van der Waals surface area contributed by atoms with E-state index in [1.807, 2.05) is 0 Å². The van der Waals surface area contributed by atoms with Crippen LogP contribution in [0, 0.1) is 0 Å². The summed E-state index contributed by atoms with van der Waals surface area (Å²) < 4.78 is 11.1. The Labute approximate surface area is 193 Å². The van der Waals surface area contributed by atoms with E-state index in [1.165, 1.54) is 6.92 Å². The average molecular weight is 478 g/mol. The van der Waals surface area contributed by atoms with Crippen LogP contribution >= 0.6 is 0 Å². The second-order valence-electron chi connectivity index (χ2n) is 7.95. The lowest BCUT2D eigenvalue weighted by molar-refractivity contribution is -0.270. The molecule has 0 aromatic rings. The molecule has 0 aliphatic carbocycles. The Morgan fingerprint density at radius 3 is 2.48 bits per heavy atom. The maximum Gasteiger partial charge on any atom is 0.250 e. The number of amides is 3. The van der Waals surface area contributed by atoms with E-state index in [0.717, 1.165) is 0 Å². The van der Waals surface area contributed by atoms with Gasteiger partial charge in [-0.3, -0.25) is 19.8 Å². The zero-order chi connectivity index (χ0) is 24.8. The Morgan fingerprint density at radius 2 is 1.85 bits per heavy atom. The molecule has 13 nitrogen and oxygen atoms in total. The van der Waals surface area contributed by atoms with Crippen LogP contribution < -0.4 is 27.2 Å². The van der Waals surface area contributed by atoms with Crippen molar-refractivity contribution in [3.8, 4) is 0 Å². The first-order valence-electron chi connectivity index (χ1n) is 11.2. The van der Waals surface area contributed by atoms with Crippen LogP contribution in [0.15, 0.2) is 0 Å². The number of hydrazine groups is 1. The molecule has 3 amide bonds. The number of hydrogen-bond acceptors (Lipinski definition) is 10. The molecule has 0 spiro atoms. The highest BCUT2D eigenvalue weighted by molar-refractivity contribution is 5.80. The quantitative estimate of drug-likeness (QED) is 0.0885. The van der Waals surface area contributed by atoms with Gasteiger partial charge in [-0.25, -0.2) is 5.43 Å². The largest absolute Gasteiger partial charge is 0.394 e. The fraction of sp³-hybridized carbons (Fsp3) is 0.850. The number of carbonyl (C=O) groups is 3. The third-order valence-corrected chi connectivity index (χ3v) is 5.18. The van der Waals surface area contributed by atoms with Crippen LogP contribution in [0.1, 0.15) is 45.4 Å². The van der Waals surface area contributed by atoms with Crippen LogP contribution in [0.25, 0.3) is 0 Å². The standard InChI is InChI=1S/C20H39N5O8/c1-12(27)24-16-18(30)17(29)14(11-26)33-20(16)32-10-6-4-8-15(28)23-9-5-3-7-13(21)19(31)25-22-2/h13-14,16-18,20,22,26,29-30H,3-11,21H2,1-2H3,(H,23,28)(H,24,27)(H,25,31)/t13-,14?,16?,17-,18+,20+/m0/s1. The summed E-state index contributed by atoms with van der Waals surface area (Å²) in [4.78, 5) is 34.8. The fourth-order valence-corrected chi connectivity index (χ4v) is 3.35. The van der Waals surface area contributed by atoms with Crippen molar-refractivity contribution in [2.45, 2.75) is 82.1 Å². The Balaban J connectivity index is 2.22. The maximum atomic E-state index is 11.9. The third kappa shape index (κ3) is 10.7. The minimum Gasteiger partial charge on any atom is -0.394 e. The Bertz CT molecular complexity index is 611. The summed E-state index contributed by atoms with van der Waals surface area (Å²) in [5.74, 6) is -0.801. The van der Waals surface area contributed by atoms with Crippen LogP contribution in [-0.2, 0) is 23.9 Å². The lowest BCUT2D eigenvalue weighted by atomic mass is 9.97. The van der Waals surface area contributed by atoms with Crippen LogP contribution in [-0.4, -0.2) is 96.5 Å². The molecule has 192 valence electrons. The minimum atomic E-state index is -1.36. The predicted molar refractivity (Wildman–Crippen MR) is 117 cm³/mol. The molecule has 1 rings (SSSR count). The van der Waals surface area contributed by atoms with E-state index in [1.54, 1.807) is 7.05 Å². The summed E-state index contributed by atoms with van der Waals surface area (Å²) in [5, 5.41) is 34.8. The van der Waals surface area contributed by atoms with Gasteiger partial charge in [-0.05, 0) is 32.1 Å². The zero-order valence-electron chi connectivity index (χ0n) is 19.3. The van der Waals surface area contributed by atoms with Gasteiger partial charge < -0.3 is 41.2 Å². The minimum absolute atomic E-state index is 0.101. The second-order valence-corrected chi connectivity index (χ2v) is 7.95. The molecule has 13 heteroatoms. The molecule has 0 saturated carbocycles. The number of nitrogens with two attached hydrogens (primary N) is 1. The number of nitrogens with one attached hydrogen (secondary N) is 4. The van der Waals surface area contributed by atoms with Crippen molar-refractivity contribution in [2.24, 2.45) is 5.73 Å². The molecule has 0 aromatic carbocycles. The van der Waals surface area contributed by atoms with Gasteiger partial charge in [0.2, 0.25) is 11.8 Å². The summed E-state index contributed by atoms with van der Waals surface area (Å²) >= 11 is 0. The molecule has 0 aromatic heterocycles. The summed E-state index contributed by atoms with van der Waals surface area (Å²) in [6, 6.07) is -1.58.